The van der Waals surface area contributed by atoms with Gasteiger partial charge in [0.15, 0.2) is 5.78 Å². The Labute approximate surface area is 293 Å². The molecular formula is C37H32Br2O9. The van der Waals surface area contributed by atoms with Crippen LogP contribution in [0.25, 0.3) is 17.4 Å². The lowest BCUT2D eigenvalue weighted by Gasteiger charge is -2.55. The van der Waals surface area contributed by atoms with Crippen LogP contribution < -0.4 is 5.63 Å². The zero-order valence-electron chi connectivity index (χ0n) is 26.2. The second kappa shape index (κ2) is 14.8. The summed E-state index contributed by atoms with van der Waals surface area (Å²) in [5.41, 5.74) is 1.59. The van der Waals surface area contributed by atoms with Crippen LogP contribution in [0, 0.1) is 11.3 Å². The molecule has 4 aliphatic rings. The quantitative estimate of drug-likeness (QED) is 0.0779. The minimum absolute atomic E-state index is 0.0273. The van der Waals surface area contributed by atoms with Crippen molar-refractivity contribution < 1.29 is 37.8 Å². The monoisotopic (exact) mass is 778 g/mol. The summed E-state index contributed by atoms with van der Waals surface area (Å²) in [4.78, 5) is 60.2. The van der Waals surface area contributed by atoms with Gasteiger partial charge in [-0.3, -0.25) is 9.59 Å². The number of carbonyl (C=O) groups is 4. The molecule has 11 heteroatoms. The van der Waals surface area contributed by atoms with Crippen LogP contribution in [-0.2, 0) is 28.6 Å². The molecule has 48 heavy (non-hydrogen) atoms. The zero-order chi connectivity index (χ0) is 34.5. The lowest BCUT2D eigenvalue weighted by molar-refractivity contribution is -0.171. The first kappa shape index (κ1) is 35.0. The van der Waals surface area contributed by atoms with Crippen LogP contribution in [0.1, 0.15) is 41.6 Å². The topological polar surface area (TPSA) is 126 Å². The Morgan fingerprint density at radius 3 is 2.27 bits per heavy atom. The van der Waals surface area contributed by atoms with Gasteiger partial charge in [-0.2, -0.15) is 0 Å². The van der Waals surface area contributed by atoms with Crippen LogP contribution in [0.5, 0.6) is 0 Å². The molecule has 0 amide bonds. The molecule has 3 heterocycles. The number of alkyl halides is 1. The Morgan fingerprint density at radius 1 is 0.958 bits per heavy atom. The van der Waals surface area contributed by atoms with Gasteiger partial charge in [0.2, 0.25) is 0 Å². The van der Waals surface area contributed by atoms with Crippen LogP contribution in [0.3, 0.4) is 0 Å². The van der Waals surface area contributed by atoms with Gasteiger partial charge in [-0.1, -0.05) is 89.1 Å². The Balaban J connectivity index is 0.000000199. The second-order valence-corrected chi connectivity index (χ2v) is 13.6. The number of halogens is 2. The van der Waals surface area contributed by atoms with E-state index < -0.39 is 33.4 Å². The van der Waals surface area contributed by atoms with E-state index in [0.717, 1.165) is 24.8 Å². The van der Waals surface area contributed by atoms with Crippen molar-refractivity contribution in [1.29, 1.82) is 0 Å². The smallest absolute Gasteiger partial charge is 0.350 e. The summed E-state index contributed by atoms with van der Waals surface area (Å²) in [6, 6.07) is 19.8. The molecule has 2 aromatic carbocycles. The lowest BCUT2D eigenvalue weighted by Crippen LogP contribution is -2.63. The highest BCUT2D eigenvalue weighted by molar-refractivity contribution is 9.10. The molecule has 1 aromatic heterocycles. The molecule has 0 unspecified atom stereocenters. The normalized spacial score (nSPS) is 23.9. The van der Waals surface area contributed by atoms with Crippen molar-refractivity contribution in [3.05, 3.63) is 123 Å². The van der Waals surface area contributed by atoms with Crippen molar-refractivity contribution in [1.82, 2.24) is 0 Å². The fourth-order valence-corrected chi connectivity index (χ4v) is 7.99. The van der Waals surface area contributed by atoms with Gasteiger partial charge in [-0.05, 0) is 53.4 Å². The summed E-state index contributed by atoms with van der Waals surface area (Å²) in [6.45, 7) is 0. The molecule has 1 saturated carbocycles. The maximum absolute atomic E-state index is 13.1. The molecular weight excluding hydrogens is 748 g/mol. The Hall–Kier alpha value is -4.35. The number of fused-ring (bicyclic) bond motifs is 1. The summed E-state index contributed by atoms with van der Waals surface area (Å²) < 4.78 is 19.5. The molecule has 9 nitrogen and oxygen atoms in total. The fraction of sp³-hybridized carbons (Fsp3) is 0.270. The van der Waals surface area contributed by atoms with Crippen molar-refractivity contribution >= 4 is 61.6 Å². The number of allylic oxidation sites excluding steroid dienone is 1. The molecule has 2 fully saturated rings. The van der Waals surface area contributed by atoms with E-state index in [1.807, 2.05) is 48.5 Å². The van der Waals surface area contributed by atoms with Gasteiger partial charge in [0.25, 0.3) is 0 Å². The number of rotatable bonds is 8. The van der Waals surface area contributed by atoms with E-state index in [4.69, 9.17) is 9.15 Å². The fourth-order valence-electron chi connectivity index (χ4n) is 6.67. The summed E-state index contributed by atoms with van der Waals surface area (Å²) >= 11 is 6.80. The number of ketones is 1. The van der Waals surface area contributed by atoms with Crippen molar-refractivity contribution in [3.63, 3.8) is 0 Å². The third-order valence-corrected chi connectivity index (χ3v) is 10.8. The lowest BCUT2D eigenvalue weighted by atomic mass is 9.57. The number of carbonyl (C=O) groups excluding carboxylic acids is 4. The van der Waals surface area contributed by atoms with Crippen LogP contribution in [0.4, 0.5) is 0 Å². The molecule has 0 spiro atoms. The van der Waals surface area contributed by atoms with Crippen LogP contribution in [0.2, 0.25) is 0 Å². The van der Waals surface area contributed by atoms with Gasteiger partial charge >= 0.3 is 23.5 Å². The number of esters is 3. The number of hydrogen-bond acceptors (Lipinski definition) is 9. The number of Topliss-reactive ketones (excluding diaryl/α,β-unsaturated/α-hetero) is 1. The minimum Gasteiger partial charge on any atom is -0.466 e. The number of methoxy groups -OCH3 is 2. The van der Waals surface area contributed by atoms with Crippen LogP contribution in [-0.4, -0.2) is 48.3 Å². The molecule has 248 valence electrons. The Bertz CT molecular complexity index is 1860. The minimum atomic E-state index is -1.07. The largest absolute Gasteiger partial charge is 0.466 e. The molecule has 3 aromatic rings. The molecule has 0 N–H and O–H groups in total. The predicted molar refractivity (Wildman–Crippen MR) is 185 cm³/mol. The van der Waals surface area contributed by atoms with E-state index in [1.54, 1.807) is 36.4 Å². The van der Waals surface area contributed by atoms with E-state index in [-0.39, 0.29) is 17.7 Å². The highest BCUT2D eigenvalue weighted by Crippen LogP contribution is 2.65. The molecule has 2 aliphatic heterocycles. The van der Waals surface area contributed by atoms with E-state index in [0.29, 0.717) is 33.4 Å². The van der Waals surface area contributed by atoms with Crippen LogP contribution in [0.15, 0.2) is 110 Å². The van der Waals surface area contributed by atoms with Gasteiger partial charge < -0.3 is 18.6 Å². The first-order valence-corrected chi connectivity index (χ1v) is 16.8. The Morgan fingerprint density at radius 2 is 1.60 bits per heavy atom. The maximum Gasteiger partial charge on any atom is 0.350 e. The van der Waals surface area contributed by atoms with Crippen molar-refractivity contribution in [3.8, 4) is 11.3 Å². The summed E-state index contributed by atoms with van der Waals surface area (Å²) in [7, 11) is 2.63. The SMILES string of the molecule is COC(=O)/C=C/C[C@@]12CCC[C@@H]1[C@@H]1OC(=O)[C@@]2(Br)C=C1C(=O)c1ccccc1.COC(=O)/C=C/c1cc(Br)c(=O)oc1-c1ccccc1. The van der Waals surface area contributed by atoms with Gasteiger partial charge in [0.05, 0.1) is 14.2 Å². The highest BCUT2D eigenvalue weighted by atomic mass is 79.9. The average molecular weight is 780 g/mol. The van der Waals surface area contributed by atoms with Gasteiger partial charge in [-0.15, -0.1) is 0 Å². The molecule has 7 rings (SSSR count). The van der Waals surface area contributed by atoms with Gasteiger partial charge in [-0.25, -0.2) is 14.4 Å². The first-order valence-electron chi connectivity index (χ1n) is 15.2. The number of ether oxygens (including phenoxy) is 3. The van der Waals surface area contributed by atoms with E-state index in [2.05, 4.69) is 41.3 Å². The third-order valence-electron chi connectivity index (χ3n) is 8.94. The first-order chi connectivity index (χ1) is 23.0. The summed E-state index contributed by atoms with van der Waals surface area (Å²) in [5, 5.41) is 0. The van der Waals surface area contributed by atoms with Gasteiger partial charge in [0.1, 0.15) is 20.7 Å². The van der Waals surface area contributed by atoms with Gasteiger partial charge in [0, 0.05) is 45.7 Å². The van der Waals surface area contributed by atoms with E-state index in [9.17, 15) is 24.0 Å². The third kappa shape index (κ3) is 6.79. The molecule has 1 saturated heterocycles. The van der Waals surface area contributed by atoms with Crippen molar-refractivity contribution in [2.75, 3.05) is 14.2 Å². The van der Waals surface area contributed by atoms with Crippen molar-refractivity contribution in [2.24, 2.45) is 11.3 Å². The standard InChI is InChI=1S/C22H21BrO5.C15H11BrO4/c1-27-17(24)10-6-12-21-11-5-9-16(21)19-15(13-22(21,23)20(26)28-19)18(25)14-7-3-2-4-8-14;1-19-13(17)8-7-11-9-12(16)15(18)20-14(11)10-5-3-2-4-6-10/h2-4,6-8,10,13,16,19H,5,9,11-12H2,1H3;2-9H,1H3/b10-6+;8-7+/t16-,19-,21+,22+;/m1./s1. The summed E-state index contributed by atoms with van der Waals surface area (Å²) in [5.74, 6) is -0.933. The average Bonchev–Trinajstić information content (AvgIpc) is 3.56. The molecule has 2 bridgehead atoms. The summed E-state index contributed by atoms with van der Waals surface area (Å²) in [6.07, 6.45) is 10.4. The predicted octanol–water partition coefficient (Wildman–Crippen LogP) is 7.03. The zero-order valence-corrected chi connectivity index (χ0v) is 29.3. The maximum atomic E-state index is 13.1. The second-order valence-electron chi connectivity index (χ2n) is 11.5. The molecule has 4 atom stereocenters. The van der Waals surface area contributed by atoms with Crippen LogP contribution >= 0.6 is 31.9 Å². The number of benzene rings is 2. The Kier molecular flexibility index (Phi) is 10.8. The number of hydrogen-bond donors (Lipinski definition) is 0. The molecule has 2 aliphatic carbocycles. The van der Waals surface area contributed by atoms with Crippen molar-refractivity contribution in [2.45, 2.75) is 36.1 Å². The highest BCUT2D eigenvalue weighted by Gasteiger charge is 2.69. The van der Waals surface area contributed by atoms with E-state index >= 15 is 0 Å². The van der Waals surface area contributed by atoms with E-state index in [1.165, 1.54) is 26.4 Å². The molecule has 0 radical (unpaired) electrons.